The third-order valence-corrected chi connectivity index (χ3v) is 3.00. The summed E-state index contributed by atoms with van der Waals surface area (Å²) in [5, 5.41) is 3.65. The second kappa shape index (κ2) is 6.21. The van der Waals surface area contributed by atoms with Gasteiger partial charge in [0.15, 0.2) is 0 Å². The zero-order chi connectivity index (χ0) is 13.8. The van der Waals surface area contributed by atoms with Gasteiger partial charge in [-0.25, -0.2) is 0 Å². The molecule has 1 aromatic rings. The Labute approximate surface area is 114 Å². The first-order valence-corrected chi connectivity index (χ1v) is 6.49. The predicted molar refractivity (Wildman–Crippen MR) is 75.5 cm³/mol. The Balaban J connectivity index is 2.47. The van der Waals surface area contributed by atoms with E-state index in [0.29, 0.717) is 17.9 Å². The van der Waals surface area contributed by atoms with Crippen molar-refractivity contribution in [2.45, 2.75) is 45.2 Å². The lowest BCUT2D eigenvalue weighted by Crippen LogP contribution is -2.35. The number of carbonyl (C=O) groups is 1. The Hall–Kier alpha value is -1.06. The van der Waals surface area contributed by atoms with Crippen LogP contribution in [0.2, 0.25) is 5.02 Å². The molecule has 3 nitrogen and oxygen atoms in total. The first-order chi connectivity index (χ1) is 8.28. The van der Waals surface area contributed by atoms with Crippen LogP contribution in [0.5, 0.6) is 0 Å². The van der Waals surface area contributed by atoms with Gasteiger partial charge in [0.1, 0.15) is 0 Å². The first kappa shape index (κ1) is 15.0. The SMILES string of the molecule is CC(NC(=O)CCC(C)(C)N)c1ccc(Cl)cc1. The van der Waals surface area contributed by atoms with Gasteiger partial charge in [-0.05, 0) is 44.9 Å². The molecule has 18 heavy (non-hydrogen) atoms. The van der Waals surface area contributed by atoms with E-state index < -0.39 is 0 Å². The summed E-state index contributed by atoms with van der Waals surface area (Å²) in [5.74, 6) is 0.0241. The maximum atomic E-state index is 11.7. The van der Waals surface area contributed by atoms with E-state index in [1.165, 1.54) is 0 Å². The molecule has 1 unspecified atom stereocenters. The molecule has 1 aromatic carbocycles. The van der Waals surface area contributed by atoms with Gasteiger partial charge in [-0.2, -0.15) is 0 Å². The molecule has 0 spiro atoms. The number of nitrogens with two attached hydrogens (primary N) is 1. The summed E-state index contributed by atoms with van der Waals surface area (Å²) in [7, 11) is 0. The van der Waals surface area contributed by atoms with Crippen LogP contribution in [0.25, 0.3) is 0 Å². The van der Waals surface area contributed by atoms with Gasteiger partial charge in [0.25, 0.3) is 0 Å². The average molecular weight is 269 g/mol. The maximum Gasteiger partial charge on any atom is 0.220 e. The first-order valence-electron chi connectivity index (χ1n) is 6.11. The molecule has 0 aromatic heterocycles. The van der Waals surface area contributed by atoms with Crippen LogP contribution < -0.4 is 11.1 Å². The number of hydrogen-bond acceptors (Lipinski definition) is 2. The highest BCUT2D eigenvalue weighted by Crippen LogP contribution is 2.16. The molecule has 4 heteroatoms. The molecular formula is C14H21ClN2O. The highest BCUT2D eigenvalue weighted by atomic mass is 35.5. The van der Waals surface area contributed by atoms with Crippen molar-refractivity contribution in [1.29, 1.82) is 0 Å². The fourth-order valence-corrected chi connectivity index (χ4v) is 1.71. The molecule has 1 rings (SSSR count). The Kier molecular flexibility index (Phi) is 5.17. The van der Waals surface area contributed by atoms with Crippen LogP contribution in [-0.2, 0) is 4.79 Å². The Bertz CT molecular complexity index is 395. The van der Waals surface area contributed by atoms with Crippen LogP contribution in [0, 0.1) is 0 Å². The average Bonchev–Trinajstić information content (AvgIpc) is 2.26. The number of halogens is 1. The van der Waals surface area contributed by atoms with Crippen molar-refractivity contribution in [3.05, 3.63) is 34.9 Å². The summed E-state index contributed by atoms with van der Waals surface area (Å²) in [6.45, 7) is 5.79. The number of rotatable bonds is 5. The monoisotopic (exact) mass is 268 g/mol. The lowest BCUT2D eigenvalue weighted by atomic mass is 9.99. The van der Waals surface area contributed by atoms with E-state index in [0.717, 1.165) is 5.56 Å². The molecule has 3 N–H and O–H groups in total. The number of carbonyl (C=O) groups excluding carboxylic acids is 1. The summed E-state index contributed by atoms with van der Waals surface area (Å²) in [4.78, 5) is 11.7. The van der Waals surface area contributed by atoms with Crippen molar-refractivity contribution >= 4 is 17.5 Å². The zero-order valence-corrected chi connectivity index (χ0v) is 11.9. The van der Waals surface area contributed by atoms with E-state index >= 15 is 0 Å². The zero-order valence-electron chi connectivity index (χ0n) is 11.2. The van der Waals surface area contributed by atoms with E-state index in [4.69, 9.17) is 17.3 Å². The van der Waals surface area contributed by atoms with Gasteiger partial charge in [-0.15, -0.1) is 0 Å². The van der Waals surface area contributed by atoms with E-state index in [2.05, 4.69) is 5.32 Å². The number of benzene rings is 1. The topological polar surface area (TPSA) is 55.1 Å². The minimum absolute atomic E-state index is 0.0179. The summed E-state index contributed by atoms with van der Waals surface area (Å²) in [6.07, 6.45) is 1.12. The minimum Gasteiger partial charge on any atom is -0.350 e. The lowest BCUT2D eigenvalue weighted by Gasteiger charge is -2.19. The smallest absolute Gasteiger partial charge is 0.220 e. The fourth-order valence-electron chi connectivity index (χ4n) is 1.58. The summed E-state index contributed by atoms with van der Waals surface area (Å²) >= 11 is 5.82. The molecule has 1 amide bonds. The Morgan fingerprint density at radius 2 is 1.94 bits per heavy atom. The summed E-state index contributed by atoms with van der Waals surface area (Å²) < 4.78 is 0. The molecule has 0 heterocycles. The molecule has 0 aliphatic rings. The molecule has 0 bridgehead atoms. The van der Waals surface area contributed by atoms with Gasteiger partial charge in [0.2, 0.25) is 5.91 Å². The van der Waals surface area contributed by atoms with Crippen molar-refractivity contribution in [3.63, 3.8) is 0 Å². The van der Waals surface area contributed by atoms with Crippen molar-refractivity contribution in [2.75, 3.05) is 0 Å². The highest BCUT2D eigenvalue weighted by molar-refractivity contribution is 6.30. The van der Waals surface area contributed by atoms with Gasteiger partial charge in [-0.3, -0.25) is 4.79 Å². The van der Waals surface area contributed by atoms with Gasteiger partial charge in [0, 0.05) is 17.0 Å². The largest absolute Gasteiger partial charge is 0.350 e. The number of nitrogens with one attached hydrogen (secondary N) is 1. The third kappa shape index (κ3) is 5.52. The van der Waals surface area contributed by atoms with Crippen molar-refractivity contribution in [1.82, 2.24) is 5.32 Å². The number of amides is 1. The minimum atomic E-state index is -0.305. The van der Waals surface area contributed by atoms with Crippen LogP contribution in [0.3, 0.4) is 0 Å². The summed E-state index contributed by atoms with van der Waals surface area (Å²) in [6, 6.07) is 7.46. The summed E-state index contributed by atoms with van der Waals surface area (Å²) in [5.41, 5.74) is 6.58. The standard InChI is InChI=1S/C14H21ClN2O/c1-10(11-4-6-12(15)7-5-11)17-13(18)8-9-14(2,3)16/h4-7,10H,8-9,16H2,1-3H3,(H,17,18). The molecule has 0 fully saturated rings. The number of hydrogen-bond donors (Lipinski definition) is 2. The van der Waals surface area contributed by atoms with Crippen LogP contribution in [0.1, 0.15) is 45.2 Å². The molecule has 1 atom stereocenters. The molecule has 100 valence electrons. The van der Waals surface area contributed by atoms with Crippen molar-refractivity contribution < 1.29 is 4.79 Å². The molecule has 0 saturated carbocycles. The van der Waals surface area contributed by atoms with Crippen LogP contribution >= 0.6 is 11.6 Å². The normalized spacial score (nSPS) is 13.2. The van der Waals surface area contributed by atoms with Gasteiger partial charge in [-0.1, -0.05) is 23.7 Å². The van der Waals surface area contributed by atoms with Gasteiger partial charge < -0.3 is 11.1 Å². The maximum absolute atomic E-state index is 11.7. The molecule has 0 saturated heterocycles. The molecular weight excluding hydrogens is 248 g/mol. The van der Waals surface area contributed by atoms with Crippen molar-refractivity contribution in [2.24, 2.45) is 5.73 Å². The Morgan fingerprint density at radius 3 is 2.44 bits per heavy atom. The predicted octanol–water partition coefficient (Wildman–Crippen LogP) is 3.03. The third-order valence-electron chi connectivity index (χ3n) is 2.74. The van der Waals surface area contributed by atoms with E-state index in [1.54, 1.807) is 0 Å². The molecule has 0 aliphatic heterocycles. The molecule has 0 aliphatic carbocycles. The highest BCUT2D eigenvalue weighted by Gasteiger charge is 2.15. The van der Waals surface area contributed by atoms with Gasteiger partial charge in [0.05, 0.1) is 6.04 Å². The van der Waals surface area contributed by atoms with E-state index in [-0.39, 0.29) is 17.5 Å². The Morgan fingerprint density at radius 1 is 1.39 bits per heavy atom. The quantitative estimate of drug-likeness (QED) is 0.862. The van der Waals surface area contributed by atoms with Gasteiger partial charge >= 0.3 is 0 Å². The van der Waals surface area contributed by atoms with Crippen LogP contribution in [0.15, 0.2) is 24.3 Å². The fraction of sp³-hybridized carbons (Fsp3) is 0.500. The second-order valence-corrected chi connectivity index (χ2v) is 5.77. The van der Waals surface area contributed by atoms with E-state index in [1.807, 2.05) is 45.0 Å². The second-order valence-electron chi connectivity index (χ2n) is 5.33. The molecule has 0 radical (unpaired) electrons. The van der Waals surface area contributed by atoms with Crippen LogP contribution in [0.4, 0.5) is 0 Å². The van der Waals surface area contributed by atoms with Crippen molar-refractivity contribution in [3.8, 4) is 0 Å². The van der Waals surface area contributed by atoms with Crippen LogP contribution in [-0.4, -0.2) is 11.4 Å². The lowest BCUT2D eigenvalue weighted by molar-refractivity contribution is -0.122. The van der Waals surface area contributed by atoms with E-state index in [9.17, 15) is 4.79 Å².